The number of nitrogens with two attached hydrogens (primary N) is 1. The van der Waals surface area contributed by atoms with E-state index in [2.05, 4.69) is 28.2 Å². The number of nitrogens with zero attached hydrogens (tertiary/aromatic N) is 2. The van der Waals surface area contributed by atoms with Crippen LogP contribution in [-0.2, 0) is 6.54 Å². The van der Waals surface area contributed by atoms with Crippen molar-refractivity contribution in [1.29, 1.82) is 0 Å². The van der Waals surface area contributed by atoms with Crippen LogP contribution in [0, 0.1) is 6.92 Å². The van der Waals surface area contributed by atoms with E-state index in [1.54, 1.807) is 10.7 Å². The number of hydrogen-bond acceptors (Lipinski definition) is 3. The van der Waals surface area contributed by atoms with E-state index in [-0.39, 0.29) is 11.0 Å². The second kappa shape index (κ2) is 4.74. The average molecular weight is 227 g/mol. The number of carbonyl (C=O) groups excluding carboxylic acids is 1. The van der Waals surface area contributed by atoms with Gasteiger partial charge in [-0.15, -0.1) is 0 Å². The summed E-state index contributed by atoms with van der Waals surface area (Å²) in [5.41, 5.74) is 11.2. The minimum Gasteiger partial charge on any atom is -0.375 e. The minimum atomic E-state index is -0.315. The molecule has 0 radical (unpaired) electrons. The molecule has 1 heterocycles. The molecular weight excluding hydrogens is 214 g/mol. The summed E-state index contributed by atoms with van der Waals surface area (Å²) in [5, 5.41) is 4.16. The molecule has 0 spiro atoms. The van der Waals surface area contributed by atoms with Gasteiger partial charge in [0.2, 0.25) is 0 Å². The molecule has 1 aromatic heterocycles. The van der Waals surface area contributed by atoms with Crippen LogP contribution in [0.25, 0.3) is 0 Å². The first-order chi connectivity index (χ1) is 7.04. The van der Waals surface area contributed by atoms with Gasteiger partial charge in [0.15, 0.2) is 5.11 Å². The van der Waals surface area contributed by atoms with Crippen LogP contribution in [0.4, 0.5) is 0 Å². The lowest BCUT2D eigenvalue weighted by Crippen LogP contribution is -2.44. The van der Waals surface area contributed by atoms with Crippen LogP contribution in [-0.4, -0.2) is 20.8 Å². The van der Waals surface area contributed by atoms with E-state index in [4.69, 9.17) is 5.73 Å². The number of hydrazine groups is 1. The highest BCUT2D eigenvalue weighted by Gasteiger charge is 2.12. The lowest BCUT2D eigenvalue weighted by atomic mass is 10.3. The first kappa shape index (κ1) is 11.4. The zero-order valence-corrected chi connectivity index (χ0v) is 9.39. The molecule has 1 aromatic rings. The first-order valence-corrected chi connectivity index (χ1v) is 4.85. The largest absolute Gasteiger partial charge is 0.375 e. The van der Waals surface area contributed by atoms with Crippen LogP contribution >= 0.6 is 12.2 Å². The normalized spacial score (nSPS) is 9.73. The molecule has 0 aromatic carbocycles. The van der Waals surface area contributed by atoms with Gasteiger partial charge in [0.05, 0.1) is 5.69 Å². The Hall–Kier alpha value is -1.63. The Morgan fingerprint density at radius 1 is 1.67 bits per heavy atom. The molecule has 0 saturated carbocycles. The van der Waals surface area contributed by atoms with Crippen LogP contribution in [0.1, 0.15) is 23.1 Å². The second-order valence-electron chi connectivity index (χ2n) is 2.93. The molecule has 4 N–H and O–H groups in total. The number of thiocarbonyl (C=S) groups is 1. The fourth-order valence-corrected chi connectivity index (χ4v) is 1.20. The topological polar surface area (TPSA) is 85.0 Å². The fraction of sp³-hybridized carbons (Fsp3) is 0.375. The molecule has 0 unspecified atom stereocenters. The highest BCUT2D eigenvalue weighted by molar-refractivity contribution is 7.80. The van der Waals surface area contributed by atoms with Gasteiger partial charge in [-0.2, -0.15) is 5.10 Å². The van der Waals surface area contributed by atoms with Crippen LogP contribution in [0.15, 0.2) is 6.07 Å². The summed E-state index contributed by atoms with van der Waals surface area (Å²) in [7, 11) is 0. The summed E-state index contributed by atoms with van der Waals surface area (Å²) in [5.74, 6) is -0.315. The summed E-state index contributed by atoms with van der Waals surface area (Å²) in [6.45, 7) is 4.36. The van der Waals surface area contributed by atoms with Crippen molar-refractivity contribution in [1.82, 2.24) is 20.6 Å². The molecule has 0 fully saturated rings. The molecule has 82 valence electrons. The SMILES string of the molecule is CCn1nc(C)cc1C(=O)NNC(N)=S. The zero-order valence-electron chi connectivity index (χ0n) is 8.57. The third-order valence-corrected chi connectivity index (χ3v) is 1.84. The second-order valence-corrected chi connectivity index (χ2v) is 3.37. The number of aryl methyl sites for hydroxylation is 2. The van der Waals surface area contributed by atoms with Gasteiger partial charge in [-0.3, -0.25) is 20.3 Å². The molecule has 0 saturated heterocycles. The zero-order chi connectivity index (χ0) is 11.4. The minimum absolute atomic E-state index is 0.0163. The summed E-state index contributed by atoms with van der Waals surface area (Å²) >= 11 is 4.56. The van der Waals surface area contributed by atoms with Gasteiger partial charge in [0.1, 0.15) is 5.69 Å². The smallest absolute Gasteiger partial charge is 0.287 e. The van der Waals surface area contributed by atoms with E-state index in [1.165, 1.54) is 0 Å². The monoisotopic (exact) mass is 227 g/mol. The molecule has 1 rings (SSSR count). The Labute approximate surface area is 92.8 Å². The Morgan fingerprint density at radius 3 is 2.87 bits per heavy atom. The van der Waals surface area contributed by atoms with Crippen molar-refractivity contribution in [3.63, 3.8) is 0 Å². The van der Waals surface area contributed by atoms with Gasteiger partial charge < -0.3 is 5.73 Å². The van der Waals surface area contributed by atoms with E-state index in [9.17, 15) is 4.79 Å². The Bertz CT molecular complexity index is 386. The number of aromatic nitrogens is 2. The third-order valence-electron chi connectivity index (χ3n) is 1.73. The van der Waals surface area contributed by atoms with E-state index >= 15 is 0 Å². The van der Waals surface area contributed by atoms with Crippen molar-refractivity contribution in [3.8, 4) is 0 Å². The number of amides is 1. The van der Waals surface area contributed by atoms with Crippen molar-refractivity contribution >= 4 is 23.2 Å². The van der Waals surface area contributed by atoms with Gasteiger partial charge in [0.25, 0.3) is 5.91 Å². The quantitative estimate of drug-likeness (QED) is 0.476. The van der Waals surface area contributed by atoms with Gasteiger partial charge in [-0.25, -0.2) is 0 Å². The van der Waals surface area contributed by atoms with E-state index in [0.717, 1.165) is 5.69 Å². The number of hydrogen-bond donors (Lipinski definition) is 3. The molecule has 0 aliphatic carbocycles. The molecule has 15 heavy (non-hydrogen) atoms. The highest BCUT2D eigenvalue weighted by atomic mass is 32.1. The van der Waals surface area contributed by atoms with E-state index in [1.807, 2.05) is 13.8 Å². The van der Waals surface area contributed by atoms with E-state index in [0.29, 0.717) is 12.2 Å². The molecule has 0 aliphatic rings. The van der Waals surface area contributed by atoms with Gasteiger partial charge in [-0.05, 0) is 32.1 Å². The summed E-state index contributed by atoms with van der Waals surface area (Å²) in [6, 6.07) is 1.69. The summed E-state index contributed by atoms with van der Waals surface area (Å²) < 4.78 is 1.60. The predicted octanol–water partition coefficient (Wildman–Crippen LogP) is -0.311. The molecule has 0 atom stereocenters. The Morgan fingerprint density at radius 2 is 2.33 bits per heavy atom. The highest BCUT2D eigenvalue weighted by Crippen LogP contribution is 2.02. The van der Waals surface area contributed by atoms with Crippen molar-refractivity contribution < 1.29 is 4.79 Å². The first-order valence-electron chi connectivity index (χ1n) is 4.44. The number of nitrogens with one attached hydrogen (secondary N) is 2. The van der Waals surface area contributed by atoms with Crippen LogP contribution in [0.3, 0.4) is 0 Å². The summed E-state index contributed by atoms with van der Waals surface area (Å²) in [6.07, 6.45) is 0. The maximum atomic E-state index is 11.6. The van der Waals surface area contributed by atoms with Crippen molar-refractivity contribution in [2.45, 2.75) is 20.4 Å². The van der Waals surface area contributed by atoms with Gasteiger partial charge in [0, 0.05) is 6.54 Å². The average Bonchev–Trinajstić information content (AvgIpc) is 2.56. The fourth-order valence-electron chi connectivity index (χ4n) is 1.15. The predicted molar refractivity (Wildman–Crippen MR) is 60.0 cm³/mol. The van der Waals surface area contributed by atoms with Crippen molar-refractivity contribution in [3.05, 3.63) is 17.5 Å². The third kappa shape index (κ3) is 2.91. The number of rotatable bonds is 2. The standard InChI is InChI=1S/C8H13N5OS/c1-3-13-6(4-5(2)12-13)7(14)10-11-8(9)15/h4H,3H2,1-2H3,(H,10,14)(H3,9,11,15). The van der Waals surface area contributed by atoms with Crippen LogP contribution < -0.4 is 16.6 Å². The molecule has 0 aliphatic heterocycles. The van der Waals surface area contributed by atoms with Crippen LogP contribution in [0.5, 0.6) is 0 Å². The van der Waals surface area contributed by atoms with Gasteiger partial charge >= 0.3 is 0 Å². The lowest BCUT2D eigenvalue weighted by Gasteiger charge is -2.06. The van der Waals surface area contributed by atoms with Crippen LogP contribution in [0.2, 0.25) is 0 Å². The Balaban J connectivity index is 2.76. The summed E-state index contributed by atoms with van der Waals surface area (Å²) in [4.78, 5) is 11.6. The molecule has 7 heteroatoms. The van der Waals surface area contributed by atoms with E-state index < -0.39 is 0 Å². The lowest BCUT2D eigenvalue weighted by molar-refractivity contribution is 0.0933. The maximum absolute atomic E-state index is 11.6. The van der Waals surface area contributed by atoms with Gasteiger partial charge in [-0.1, -0.05) is 0 Å². The molecule has 1 amide bonds. The molecule has 6 nitrogen and oxygen atoms in total. The maximum Gasteiger partial charge on any atom is 0.287 e. The number of carbonyl (C=O) groups is 1. The van der Waals surface area contributed by atoms with Crippen molar-refractivity contribution in [2.75, 3.05) is 0 Å². The van der Waals surface area contributed by atoms with Crippen molar-refractivity contribution in [2.24, 2.45) is 5.73 Å². The Kier molecular flexibility index (Phi) is 3.62. The molecular formula is C8H13N5OS. The molecule has 0 bridgehead atoms.